The zero-order valence-corrected chi connectivity index (χ0v) is 18.8. The van der Waals surface area contributed by atoms with Gasteiger partial charge in [-0.1, -0.05) is 24.3 Å². The standard InChI is InChI=1S/C24H27N5O4/c1-4-28(5-2)16-12-10-15(11-13-16)17-14-18(27-26-17)21-22(30)25-24(32)29(23(21)31)19-8-6-7-9-20(19)33-3/h6-13,17,26,31H,4-5,14H2,1-3H3,(H,25,30,32)/t17-/m1/s1. The second-order valence-electron chi connectivity index (χ2n) is 7.67. The van der Waals surface area contributed by atoms with Crippen molar-refractivity contribution >= 4 is 11.4 Å². The van der Waals surface area contributed by atoms with Crippen LogP contribution in [0.15, 0.2) is 63.2 Å². The molecule has 3 N–H and O–H groups in total. The number of anilines is 1. The van der Waals surface area contributed by atoms with E-state index in [1.165, 1.54) is 7.11 Å². The molecular weight excluding hydrogens is 422 g/mol. The minimum atomic E-state index is -0.763. The predicted octanol–water partition coefficient (Wildman–Crippen LogP) is 2.52. The Hall–Kier alpha value is -4.01. The minimum Gasteiger partial charge on any atom is -0.495 e. The van der Waals surface area contributed by atoms with Crippen molar-refractivity contribution in [2.45, 2.75) is 26.3 Å². The number of hydrazone groups is 1. The number of nitrogens with zero attached hydrogens (tertiary/aromatic N) is 3. The van der Waals surface area contributed by atoms with Gasteiger partial charge in [-0.15, -0.1) is 0 Å². The number of aromatic hydroxyl groups is 1. The van der Waals surface area contributed by atoms with Crippen LogP contribution < -0.4 is 26.3 Å². The number of nitrogens with one attached hydrogen (secondary N) is 2. The predicted molar refractivity (Wildman–Crippen MR) is 128 cm³/mol. The Kier molecular flexibility index (Phi) is 6.21. The van der Waals surface area contributed by atoms with E-state index in [9.17, 15) is 14.7 Å². The Bertz CT molecular complexity index is 1290. The molecule has 0 unspecified atom stereocenters. The Morgan fingerprint density at radius 3 is 2.48 bits per heavy atom. The summed E-state index contributed by atoms with van der Waals surface area (Å²) in [5.41, 5.74) is 4.38. The van der Waals surface area contributed by atoms with Crippen LogP contribution >= 0.6 is 0 Å². The molecule has 0 bridgehead atoms. The first-order chi connectivity index (χ1) is 16.0. The number of para-hydroxylation sites is 2. The summed E-state index contributed by atoms with van der Waals surface area (Å²) in [6.45, 7) is 6.08. The molecule has 0 amide bonds. The zero-order chi connectivity index (χ0) is 23.5. The maximum atomic E-state index is 12.6. The third kappa shape index (κ3) is 4.09. The van der Waals surface area contributed by atoms with Crippen LogP contribution in [0.25, 0.3) is 5.69 Å². The van der Waals surface area contributed by atoms with Gasteiger partial charge in [0.15, 0.2) is 0 Å². The topological polar surface area (TPSA) is 112 Å². The van der Waals surface area contributed by atoms with Crippen molar-refractivity contribution in [1.29, 1.82) is 0 Å². The van der Waals surface area contributed by atoms with E-state index in [0.29, 0.717) is 23.6 Å². The number of methoxy groups -OCH3 is 1. The van der Waals surface area contributed by atoms with E-state index < -0.39 is 17.1 Å². The number of aromatic amines is 1. The smallest absolute Gasteiger partial charge is 0.335 e. The summed E-state index contributed by atoms with van der Waals surface area (Å²) in [6.07, 6.45) is 0.380. The summed E-state index contributed by atoms with van der Waals surface area (Å²) in [5.74, 6) is -0.100. The quantitative estimate of drug-likeness (QED) is 0.511. The summed E-state index contributed by atoms with van der Waals surface area (Å²) in [7, 11) is 1.47. The average molecular weight is 450 g/mol. The summed E-state index contributed by atoms with van der Waals surface area (Å²) in [5, 5.41) is 15.3. The Balaban J connectivity index is 1.66. The number of rotatable bonds is 7. The third-order valence-corrected chi connectivity index (χ3v) is 5.88. The molecule has 2 heterocycles. The Morgan fingerprint density at radius 1 is 1.12 bits per heavy atom. The minimum absolute atomic E-state index is 0.0460. The number of hydrogen-bond donors (Lipinski definition) is 3. The Labute approximate surface area is 191 Å². The molecule has 4 rings (SSSR count). The summed E-state index contributed by atoms with van der Waals surface area (Å²) < 4.78 is 6.33. The summed E-state index contributed by atoms with van der Waals surface area (Å²) in [4.78, 5) is 29.7. The molecule has 0 radical (unpaired) electrons. The van der Waals surface area contributed by atoms with Gasteiger partial charge in [0.1, 0.15) is 11.3 Å². The molecule has 0 saturated carbocycles. The van der Waals surface area contributed by atoms with Crippen molar-refractivity contribution in [3.8, 4) is 17.3 Å². The zero-order valence-electron chi connectivity index (χ0n) is 18.8. The van der Waals surface area contributed by atoms with Gasteiger partial charge in [0.2, 0.25) is 5.88 Å². The van der Waals surface area contributed by atoms with Gasteiger partial charge in [-0.05, 0) is 43.7 Å². The lowest BCUT2D eigenvalue weighted by atomic mass is 9.99. The second-order valence-corrected chi connectivity index (χ2v) is 7.67. The van der Waals surface area contributed by atoms with Gasteiger partial charge in [-0.2, -0.15) is 5.10 Å². The largest absolute Gasteiger partial charge is 0.495 e. The van der Waals surface area contributed by atoms with E-state index >= 15 is 0 Å². The van der Waals surface area contributed by atoms with Crippen LogP contribution in [0.4, 0.5) is 5.69 Å². The molecule has 0 fully saturated rings. The van der Waals surface area contributed by atoms with Crippen LogP contribution in [0.5, 0.6) is 11.6 Å². The molecule has 1 atom stereocenters. The molecule has 0 spiro atoms. The molecule has 33 heavy (non-hydrogen) atoms. The first-order valence-electron chi connectivity index (χ1n) is 10.9. The molecule has 1 aliphatic heterocycles. The highest BCUT2D eigenvalue weighted by atomic mass is 16.5. The number of ether oxygens (including phenoxy) is 1. The molecule has 0 aliphatic carbocycles. The van der Waals surface area contributed by atoms with Gasteiger partial charge in [-0.3, -0.25) is 9.78 Å². The molecule has 0 saturated heterocycles. The number of benzene rings is 2. The molecule has 3 aromatic rings. The lowest BCUT2D eigenvalue weighted by molar-refractivity contribution is 0.401. The van der Waals surface area contributed by atoms with E-state index in [0.717, 1.165) is 28.9 Å². The van der Waals surface area contributed by atoms with Crippen LogP contribution in [0.3, 0.4) is 0 Å². The molecule has 1 aromatic heterocycles. The normalized spacial score (nSPS) is 15.1. The van der Waals surface area contributed by atoms with Crippen molar-refractivity contribution in [2.24, 2.45) is 5.10 Å². The van der Waals surface area contributed by atoms with Crippen LogP contribution in [-0.4, -0.2) is 40.6 Å². The van der Waals surface area contributed by atoms with Crippen LogP contribution in [0.2, 0.25) is 0 Å². The monoisotopic (exact) mass is 449 g/mol. The number of hydrogen-bond acceptors (Lipinski definition) is 7. The van der Waals surface area contributed by atoms with Gasteiger partial charge < -0.3 is 20.2 Å². The highest BCUT2D eigenvalue weighted by molar-refractivity contribution is 6.03. The van der Waals surface area contributed by atoms with Crippen molar-refractivity contribution in [2.75, 3.05) is 25.1 Å². The second kappa shape index (κ2) is 9.23. The lowest BCUT2D eigenvalue weighted by Crippen LogP contribution is -2.33. The number of aromatic nitrogens is 2. The highest BCUT2D eigenvalue weighted by Gasteiger charge is 2.28. The summed E-state index contributed by atoms with van der Waals surface area (Å²) >= 11 is 0. The van der Waals surface area contributed by atoms with E-state index in [1.807, 2.05) is 12.1 Å². The SMILES string of the molecule is CCN(CC)c1ccc([C@H]2CC(c3c(O)n(-c4ccccc4OC)c(=O)[nH]c3=O)=NN2)cc1. The van der Waals surface area contributed by atoms with Crippen LogP contribution in [-0.2, 0) is 0 Å². The first-order valence-corrected chi connectivity index (χ1v) is 10.9. The molecule has 9 nitrogen and oxygen atoms in total. The van der Waals surface area contributed by atoms with E-state index in [-0.39, 0.29) is 11.6 Å². The molecule has 2 aromatic carbocycles. The maximum absolute atomic E-state index is 12.6. The van der Waals surface area contributed by atoms with Crippen LogP contribution in [0.1, 0.15) is 37.4 Å². The van der Waals surface area contributed by atoms with Gasteiger partial charge in [0.25, 0.3) is 5.56 Å². The molecule has 9 heteroatoms. The van der Waals surface area contributed by atoms with Gasteiger partial charge in [0, 0.05) is 25.2 Å². The van der Waals surface area contributed by atoms with Crippen LogP contribution in [0, 0.1) is 0 Å². The summed E-state index contributed by atoms with van der Waals surface area (Å²) in [6, 6.07) is 14.8. The fourth-order valence-corrected chi connectivity index (χ4v) is 4.12. The van der Waals surface area contributed by atoms with E-state index in [4.69, 9.17) is 4.74 Å². The molecule has 1 aliphatic rings. The van der Waals surface area contributed by atoms with Gasteiger partial charge in [-0.25, -0.2) is 9.36 Å². The van der Waals surface area contributed by atoms with Gasteiger partial charge >= 0.3 is 5.69 Å². The van der Waals surface area contributed by atoms with E-state index in [2.05, 4.69) is 46.4 Å². The molecular formula is C24H27N5O4. The molecule has 172 valence electrons. The third-order valence-electron chi connectivity index (χ3n) is 5.88. The lowest BCUT2D eigenvalue weighted by Gasteiger charge is -2.21. The van der Waals surface area contributed by atoms with Crippen molar-refractivity contribution in [3.63, 3.8) is 0 Å². The van der Waals surface area contributed by atoms with Crippen molar-refractivity contribution in [3.05, 3.63) is 80.5 Å². The van der Waals surface area contributed by atoms with Gasteiger partial charge in [0.05, 0.1) is 24.6 Å². The maximum Gasteiger partial charge on any atom is 0.335 e. The first kappa shape index (κ1) is 22.2. The van der Waals surface area contributed by atoms with E-state index in [1.54, 1.807) is 24.3 Å². The average Bonchev–Trinajstić information content (AvgIpc) is 3.30. The Morgan fingerprint density at radius 2 is 1.82 bits per heavy atom. The fourth-order valence-electron chi connectivity index (χ4n) is 4.12. The van der Waals surface area contributed by atoms with Crippen molar-refractivity contribution in [1.82, 2.24) is 15.0 Å². The fraction of sp³-hybridized carbons (Fsp3) is 0.292. The highest BCUT2D eigenvalue weighted by Crippen LogP contribution is 2.30. The van der Waals surface area contributed by atoms with Crippen molar-refractivity contribution < 1.29 is 9.84 Å². The number of H-pyrrole nitrogens is 1.